The minimum Gasteiger partial charge on any atom is -0.481 e. The number of carboxylic acid groups (broad SMARTS) is 1. The highest BCUT2D eigenvalue weighted by atomic mass is 32.2. The maximum absolute atomic E-state index is 11.9. The molecule has 1 amide bonds. The number of anilines is 1. The van der Waals surface area contributed by atoms with Crippen LogP contribution in [-0.4, -0.2) is 31.7 Å². The lowest BCUT2D eigenvalue weighted by Crippen LogP contribution is -2.29. The summed E-state index contributed by atoms with van der Waals surface area (Å²) in [6.45, 7) is 4.63. The molecule has 1 aromatic rings. The van der Waals surface area contributed by atoms with E-state index in [0.29, 0.717) is 11.3 Å². The number of sulfone groups is 1. The third-order valence-corrected chi connectivity index (χ3v) is 4.20. The number of hydrogen-bond donors (Lipinski definition) is 2. The van der Waals surface area contributed by atoms with E-state index < -0.39 is 27.1 Å². The number of aliphatic carboxylic acids is 1. The summed E-state index contributed by atoms with van der Waals surface area (Å²) in [7, 11) is -3.37. The molecule has 7 heteroatoms. The predicted octanol–water partition coefficient (Wildman–Crippen LogP) is 1.84. The Hall–Kier alpha value is -1.89. The van der Waals surface area contributed by atoms with Crippen LogP contribution in [0.25, 0.3) is 0 Å². The summed E-state index contributed by atoms with van der Waals surface area (Å²) in [6.07, 6.45) is 0.877. The van der Waals surface area contributed by atoms with Gasteiger partial charge in [0.15, 0.2) is 9.84 Å². The van der Waals surface area contributed by atoms with E-state index in [-0.39, 0.29) is 11.3 Å². The van der Waals surface area contributed by atoms with Crippen molar-refractivity contribution < 1.29 is 23.1 Å². The van der Waals surface area contributed by atoms with Crippen molar-refractivity contribution in [3.63, 3.8) is 0 Å². The third-order valence-electron chi connectivity index (χ3n) is 3.09. The fourth-order valence-corrected chi connectivity index (χ4v) is 2.28. The second-order valence-corrected chi connectivity index (χ2v) is 7.68. The van der Waals surface area contributed by atoms with E-state index in [0.717, 1.165) is 6.26 Å². The SMILES string of the molecule is Cc1ccc(S(C)(=O)=O)cc1NC(=O)CC(C)(C)C(=O)O. The van der Waals surface area contributed by atoms with Crippen LogP contribution in [0.5, 0.6) is 0 Å². The van der Waals surface area contributed by atoms with Gasteiger partial charge in [0.2, 0.25) is 5.91 Å². The highest BCUT2D eigenvalue weighted by Gasteiger charge is 2.30. The lowest BCUT2D eigenvalue weighted by atomic mass is 9.89. The van der Waals surface area contributed by atoms with Crippen LogP contribution in [-0.2, 0) is 19.4 Å². The molecule has 1 aromatic carbocycles. The highest BCUT2D eigenvalue weighted by Crippen LogP contribution is 2.24. The Labute approximate surface area is 124 Å². The summed E-state index contributed by atoms with van der Waals surface area (Å²) in [6, 6.07) is 4.42. The van der Waals surface area contributed by atoms with Gasteiger partial charge in [0, 0.05) is 18.4 Å². The molecular formula is C14H19NO5S. The monoisotopic (exact) mass is 313 g/mol. The average molecular weight is 313 g/mol. The van der Waals surface area contributed by atoms with Gasteiger partial charge in [-0.25, -0.2) is 8.42 Å². The Kier molecular flexibility index (Phi) is 4.78. The van der Waals surface area contributed by atoms with Gasteiger partial charge in [-0.15, -0.1) is 0 Å². The summed E-state index contributed by atoms with van der Waals surface area (Å²) < 4.78 is 23.0. The lowest BCUT2D eigenvalue weighted by Gasteiger charge is -2.19. The summed E-state index contributed by atoms with van der Waals surface area (Å²) in [5, 5.41) is 11.6. The summed E-state index contributed by atoms with van der Waals surface area (Å²) >= 11 is 0. The van der Waals surface area contributed by atoms with Crippen molar-refractivity contribution in [3.05, 3.63) is 23.8 Å². The normalized spacial score (nSPS) is 12.0. The van der Waals surface area contributed by atoms with Crippen molar-refractivity contribution in [2.45, 2.75) is 32.1 Å². The second kappa shape index (κ2) is 5.85. The molecular weight excluding hydrogens is 294 g/mol. The van der Waals surface area contributed by atoms with Gasteiger partial charge < -0.3 is 10.4 Å². The van der Waals surface area contributed by atoms with E-state index in [1.165, 1.54) is 26.0 Å². The molecule has 0 bridgehead atoms. The number of amides is 1. The summed E-state index contributed by atoms with van der Waals surface area (Å²) in [5.74, 6) is -1.55. The quantitative estimate of drug-likeness (QED) is 0.864. The van der Waals surface area contributed by atoms with Gasteiger partial charge in [-0.3, -0.25) is 9.59 Å². The van der Waals surface area contributed by atoms with Gasteiger partial charge in [0.25, 0.3) is 0 Å². The van der Waals surface area contributed by atoms with Crippen LogP contribution >= 0.6 is 0 Å². The zero-order chi connectivity index (χ0) is 16.4. The number of nitrogens with one attached hydrogen (secondary N) is 1. The van der Waals surface area contributed by atoms with Gasteiger partial charge in [0.1, 0.15) is 0 Å². The lowest BCUT2D eigenvalue weighted by molar-refractivity contribution is -0.148. The molecule has 0 atom stereocenters. The number of hydrogen-bond acceptors (Lipinski definition) is 4. The van der Waals surface area contributed by atoms with Crippen molar-refractivity contribution in [3.8, 4) is 0 Å². The van der Waals surface area contributed by atoms with Gasteiger partial charge in [0.05, 0.1) is 10.3 Å². The van der Waals surface area contributed by atoms with Crippen LogP contribution < -0.4 is 5.32 Å². The standard InChI is InChI=1S/C14H19NO5S/c1-9-5-6-10(21(4,19)20)7-11(9)15-12(16)8-14(2,3)13(17)18/h5-7H,8H2,1-4H3,(H,15,16)(H,17,18). The van der Waals surface area contributed by atoms with Crippen molar-refractivity contribution >= 4 is 27.4 Å². The zero-order valence-corrected chi connectivity index (χ0v) is 13.2. The summed E-state index contributed by atoms with van der Waals surface area (Å²) in [5.41, 5.74) is -0.125. The molecule has 2 N–H and O–H groups in total. The van der Waals surface area contributed by atoms with E-state index in [9.17, 15) is 18.0 Å². The first-order valence-corrected chi connectivity index (χ1v) is 8.16. The molecule has 0 fully saturated rings. The van der Waals surface area contributed by atoms with Crippen LogP contribution in [0.15, 0.2) is 23.1 Å². The first-order chi connectivity index (χ1) is 9.43. The molecule has 0 saturated heterocycles. The number of benzene rings is 1. The molecule has 0 aliphatic rings. The van der Waals surface area contributed by atoms with Crippen LogP contribution in [0.3, 0.4) is 0 Å². The fourth-order valence-electron chi connectivity index (χ4n) is 1.64. The molecule has 0 saturated carbocycles. The largest absolute Gasteiger partial charge is 0.481 e. The number of carboxylic acids is 1. The van der Waals surface area contributed by atoms with Crippen molar-refractivity contribution in [1.82, 2.24) is 0 Å². The molecule has 21 heavy (non-hydrogen) atoms. The van der Waals surface area contributed by atoms with E-state index >= 15 is 0 Å². The first kappa shape index (κ1) is 17.2. The molecule has 0 spiro atoms. The average Bonchev–Trinajstić information content (AvgIpc) is 2.29. The molecule has 1 rings (SSSR count). The smallest absolute Gasteiger partial charge is 0.309 e. The zero-order valence-electron chi connectivity index (χ0n) is 12.4. The van der Waals surface area contributed by atoms with Gasteiger partial charge in [-0.05, 0) is 38.5 Å². The maximum Gasteiger partial charge on any atom is 0.309 e. The highest BCUT2D eigenvalue weighted by molar-refractivity contribution is 7.90. The minimum atomic E-state index is -3.37. The van der Waals surface area contributed by atoms with E-state index in [4.69, 9.17) is 5.11 Å². The number of carbonyl (C=O) groups is 2. The van der Waals surface area contributed by atoms with Crippen LogP contribution in [0.2, 0.25) is 0 Å². The van der Waals surface area contributed by atoms with Gasteiger partial charge in [-0.1, -0.05) is 6.07 Å². The van der Waals surface area contributed by atoms with Gasteiger partial charge in [-0.2, -0.15) is 0 Å². The molecule has 0 aliphatic carbocycles. The molecule has 0 radical (unpaired) electrons. The van der Waals surface area contributed by atoms with Crippen LogP contribution in [0.1, 0.15) is 25.8 Å². The molecule has 6 nitrogen and oxygen atoms in total. The molecule has 0 aliphatic heterocycles. The van der Waals surface area contributed by atoms with E-state index in [1.54, 1.807) is 13.0 Å². The minimum absolute atomic E-state index is 0.0981. The molecule has 0 unspecified atom stereocenters. The van der Waals surface area contributed by atoms with Crippen LogP contribution in [0.4, 0.5) is 5.69 Å². The number of aryl methyl sites for hydroxylation is 1. The van der Waals surface area contributed by atoms with Crippen molar-refractivity contribution in [2.24, 2.45) is 5.41 Å². The Morgan fingerprint density at radius 3 is 2.33 bits per heavy atom. The predicted molar refractivity (Wildman–Crippen MR) is 79.0 cm³/mol. The Balaban J connectivity index is 2.98. The Bertz CT molecular complexity index is 677. The fraction of sp³-hybridized carbons (Fsp3) is 0.429. The molecule has 116 valence electrons. The Morgan fingerprint density at radius 1 is 1.29 bits per heavy atom. The van der Waals surface area contributed by atoms with Crippen molar-refractivity contribution in [1.29, 1.82) is 0 Å². The van der Waals surface area contributed by atoms with Gasteiger partial charge >= 0.3 is 5.97 Å². The first-order valence-electron chi connectivity index (χ1n) is 6.27. The maximum atomic E-state index is 11.9. The van der Waals surface area contributed by atoms with Crippen LogP contribution in [0, 0.1) is 12.3 Å². The number of carbonyl (C=O) groups excluding carboxylic acids is 1. The molecule has 0 heterocycles. The number of rotatable bonds is 5. The summed E-state index contributed by atoms with van der Waals surface area (Å²) in [4.78, 5) is 23.0. The molecule has 0 aromatic heterocycles. The van der Waals surface area contributed by atoms with E-state index in [1.807, 2.05) is 0 Å². The van der Waals surface area contributed by atoms with E-state index in [2.05, 4.69) is 5.32 Å². The topological polar surface area (TPSA) is 101 Å². The third kappa shape index (κ3) is 4.56. The van der Waals surface area contributed by atoms with Crippen molar-refractivity contribution in [2.75, 3.05) is 11.6 Å². The Morgan fingerprint density at radius 2 is 1.86 bits per heavy atom. The second-order valence-electron chi connectivity index (χ2n) is 5.66.